The van der Waals surface area contributed by atoms with Gasteiger partial charge in [0.25, 0.3) is 0 Å². The van der Waals surface area contributed by atoms with Gasteiger partial charge in [0.15, 0.2) is 0 Å². The first-order valence-electron chi connectivity index (χ1n) is 8.00. The summed E-state index contributed by atoms with van der Waals surface area (Å²) in [4.78, 5) is 0. The van der Waals surface area contributed by atoms with Crippen molar-refractivity contribution in [2.75, 3.05) is 6.61 Å². The highest BCUT2D eigenvalue weighted by molar-refractivity contribution is 9.10. The minimum Gasteiger partial charge on any atom is -0.489 e. The molecule has 0 amide bonds. The summed E-state index contributed by atoms with van der Waals surface area (Å²) in [5.41, 5.74) is 6.97. The van der Waals surface area contributed by atoms with E-state index in [-0.39, 0.29) is 11.7 Å². The van der Waals surface area contributed by atoms with Gasteiger partial charge in [0.1, 0.15) is 11.9 Å². The third kappa shape index (κ3) is 3.43. The molecule has 1 saturated heterocycles. The van der Waals surface area contributed by atoms with Crippen LogP contribution in [0.5, 0.6) is 5.75 Å². The van der Waals surface area contributed by atoms with Crippen molar-refractivity contribution < 1.29 is 9.47 Å². The molecule has 2 fully saturated rings. The monoisotopic (exact) mass is 353 g/mol. The zero-order valence-electron chi connectivity index (χ0n) is 12.4. The van der Waals surface area contributed by atoms with Crippen LogP contribution in [0.15, 0.2) is 22.7 Å². The Balaban J connectivity index is 1.73. The van der Waals surface area contributed by atoms with Gasteiger partial charge in [-0.3, -0.25) is 0 Å². The third-order valence-electron chi connectivity index (χ3n) is 4.77. The molecule has 1 aliphatic carbocycles. The Labute approximate surface area is 135 Å². The van der Waals surface area contributed by atoms with Crippen LogP contribution in [0.3, 0.4) is 0 Å². The number of ether oxygens (including phenoxy) is 2. The van der Waals surface area contributed by atoms with E-state index in [1.165, 1.54) is 32.1 Å². The number of halogens is 1. The molecule has 1 unspecified atom stereocenters. The Morgan fingerprint density at radius 1 is 1.29 bits per heavy atom. The quantitative estimate of drug-likeness (QED) is 0.886. The number of hydrogen-bond donors (Lipinski definition) is 1. The molecular formula is C17H24BrNO2. The SMILES string of the molecule is NCc1cccc(Br)c1OC1CCOC2(CCCCC2)C1. The molecular weight excluding hydrogens is 330 g/mol. The zero-order chi connectivity index (χ0) is 14.7. The summed E-state index contributed by atoms with van der Waals surface area (Å²) in [6.07, 6.45) is 8.51. The molecule has 1 aromatic carbocycles. The molecule has 116 valence electrons. The zero-order valence-corrected chi connectivity index (χ0v) is 14.0. The van der Waals surface area contributed by atoms with Crippen molar-refractivity contribution >= 4 is 15.9 Å². The van der Waals surface area contributed by atoms with Gasteiger partial charge >= 0.3 is 0 Å². The van der Waals surface area contributed by atoms with Crippen molar-refractivity contribution in [2.24, 2.45) is 5.73 Å². The Morgan fingerprint density at radius 2 is 2.10 bits per heavy atom. The van der Waals surface area contributed by atoms with E-state index in [1.807, 2.05) is 18.2 Å². The van der Waals surface area contributed by atoms with Crippen molar-refractivity contribution in [1.82, 2.24) is 0 Å². The summed E-state index contributed by atoms with van der Waals surface area (Å²) in [6.45, 7) is 1.32. The first-order valence-corrected chi connectivity index (χ1v) is 8.80. The van der Waals surface area contributed by atoms with Crippen LogP contribution in [0.25, 0.3) is 0 Å². The maximum absolute atomic E-state index is 6.33. The van der Waals surface area contributed by atoms with Gasteiger partial charge in [-0.1, -0.05) is 31.4 Å². The van der Waals surface area contributed by atoms with E-state index in [4.69, 9.17) is 15.2 Å². The topological polar surface area (TPSA) is 44.5 Å². The molecule has 2 aliphatic rings. The number of benzene rings is 1. The van der Waals surface area contributed by atoms with E-state index in [9.17, 15) is 0 Å². The molecule has 1 atom stereocenters. The van der Waals surface area contributed by atoms with Crippen LogP contribution in [0, 0.1) is 0 Å². The predicted octanol–water partition coefficient (Wildman–Crippen LogP) is 4.17. The summed E-state index contributed by atoms with van der Waals surface area (Å²) >= 11 is 3.59. The Hall–Kier alpha value is -0.580. The van der Waals surface area contributed by atoms with Crippen LogP contribution in [-0.4, -0.2) is 18.3 Å². The fourth-order valence-corrected chi connectivity index (χ4v) is 4.14. The van der Waals surface area contributed by atoms with Crippen LogP contribution in [0.4, 0.5) is 0 Å². The van der Waals surface area contributed by atoms with Gasteiger partial charge in [0.05, 0.1) is 16.7 Å². The molecule has 1 saturated carbocycles. The Bertz CT molecular complexity index is 480. The number of nitrogens with two attached hydrogens (primary N) is 1. The molecule has 1 aliphatic heterocycles. The minimum atomic E-state index is 0.0747. The third-order valence-corrected chi connectivity index (χ3v) is 5.39. The van der Waals surface area contributed by atoms with E-state index in [0.29, 0.717) is 6.54 Å². The van der Waals surface area contributed by atoms with Crippen molar-refractivity contribution in [3.63, 3.8) is 0 Å². The summed E-state index contributed by atoms with van der Waals surface area (Å²) in [5, 5.41) is 0. The molecule has 21 heavy (non-hydrogen) atoms. The Morgan fingerprint density at radius 3 is 2.86 bits per heavy atom. The summed E-state index contributed by atoms with van der Waals surface area (Å²) < 4.78 is 13.5. The van der Waals surface area contributed by atoms with Crippen molar-refractivity contribution in [3.8, 4) is 5.75 Å². The van der Waals surface area contributed by atoms with E-state index < -0.39 is 0 Å². The molecule has 1 heterocycles. The van der Waals surface area contributed by atoms with Crippen molar-refractivity contribution in [3.05, 3.63) is 28.2 Å². The normalized spacial score (nSPS) is 25.0. The highest BCUT2D eigenvalue weighted by Gasteiger charge is 2.39. The van der Waals surface area contributed by atoms with Gasteiger partial charge in [-0.15, -0.1) is 0 Å². The second kappa shape index (κ2) is 6.67. The first-order chi connectivity index (χ1) is 10.2. The number of hydrogen-bond acceptors (Lipinski definition) is 3. The maximum atomic E-state index is 6.33. The fourth-order valence-electron chi connectivity index (χ4n) is 3.64. The standard InChI is InChI=1S/C17H24BrNO2/c18-15-6-4-5-13(12-19)16(15)21-14-7-10-20-17(11-14)8-2-1-3-9-17/h4-6,14H,1-3,7-12,19H2. The molecule has 0 aromatic heterocycles. The first kappa shape index (κ1) is 15.3. The molecule has 2 N–H and O–H groups in total. The second-order valence-electron chi connectivity index (χ2n) is 6.26. The second-order valence-corrected chi connectivity index (χ2v) is 7.11. The van der Waals surface area contributed by atoms with Crippen LogP contribution in [0.2, 0.25) is 0 Å². The molecule has 4 heteroatoms. The van der Waals surface area contributed by atoms with E-state index in [1.54, 1.807) is 0 Å². The fraction of sp³-hybridized carbons (Fsp3) is 0.647. The van der Waals surface area contributed by atoms with E-state index in [0.717, 1.165) is 35.2 Å². The van der Waals surface area contributed by atoms with E-state index >= 15 is 0 Å². The van der Waals surface area contributed by atoms with Crippen molar-refractivity contribution in [1.29, 1.82) is 0 Å². The van der Waals surface area contributed by atoms with E-state index in [2.05, 4.69) is 15.9 Å². The molecule has 1 spiro atoms. The van der Waals surface area contributed by atoms with Gasteiger partial charge in [-0.25, -0.2) is 0 Å². The lowest BCUT2D eigenvalue weighted by Crippen LogP contribution is -2.45. The summed E-state index contributed by atoms with van der Waals surface area (Å²) in [6, 6.07) is 6.06. The maximum Gasteiger partial charge on any atom is 0.138 e. The highest BCUT2D eigenvalue weighted by Crippen LogP contribution is 2.40. The van der Waals surface area contributed by atoms with Gasteiger partial charge in [-0.2, -0.15) is 0 Å². The molecule has 3 nitrogen and oxygen atoms in total. The van der Waals surface area contributed by atoms with Crippen molar-refractivity contribution in [2.45, 2.75) is 63.2 Å². The van der Waals surface area contributed by atoms with Gasteiger partial charge in [0, 0.05) is 24.9 Å². The van der Waals surface area contributed by atoms with Gasteiger partial charge in [-0.05, 0) is 34.8 Å². The Kier molecular flexibility index (Phi) is 4.87. The summed E-state index contributed by atoms with van der Waals surface area (Å²) in [7, 11) is 0. The lowest BCUT2D eigenvalue weighted by atomic mass is 9.79. The number of rotatable bonds is 3. The van der Waals surface area contributed by atoms with Gasteiger partial charge < -0.3 is 15.2 Å². The molecule has 1 aromatic rings. The minimum absolute atomic E-state index is 0.0747. The summed E-state index contributed by atoms with van der Waals surface area (Å²) in [5.74, 6) is 0.915. The van der Waals surface area contributed by atoms with Crippen LogP contribution < -0.4 is 10.5 Å². The lowest BCUT2D eigenvalue weighted by Gasteiger charge is -2.43. The average molecular weight is 354 g/mol. The smallest absolute Gasteiger partial charge is 0.138 e. The average Bonchev–Trinajstić information content (AvgIpc) is 2.50. The number of para-hydroxylation sites is 1. The largest absolute Gasteiger partial charge is 0.489 e. The van der Waals surface area contributed by atoms with Gasteiger partial charge in [0.2, 0.25) is 0 Å². The lowest BCUT2D eigenvalue weighted by molar-refractivity contribution is -0.129. The van der Waals surface area contributed by atoms with Crippen LogP contribution in [0.1, 0.15) is 50.5 Å². The van der Waals surface area contributed by atoms with Crippen LogP contribution >= 0.6 is 15.9 Å². The molecule has 3 rings (SSSR count). The predicted molar refractivity (Wildman–Crippen MR) is 87.5 cm³/mol. The highest BCUT2D eigenvalue weighted by atomic mass is 79.9. The molecule has 0 radical (unpaired) electrons. The van der Waals surface area contributed by atoms with Crippen LogP contribution in [-0.2, 0) is 11.3 Å². The molecule has 0 bridgehead atoms.